The van der Waals surface area contributed by atoms with E-state index in [1.807, 2.05) is 30.3 Å². The number of hydrogen-bond donors (Lipinski definition) is 2. The van der Waals surface area contributed by atoms with E-state index in [9.17, 15) is 9.90 Å². The van der Waals surface area contributed by atoms with Gasteiger partial charge in [0, 0.05) is 30.0 Å². The van der Waals surface area contributed by atoms with E-state index in [4.69, 9.17) is 9.15 Å². The molecule has 1 fully saturated rings. The largest absolute Gasteiger partial charge is 0.493 e. The number of benzene rings is 2. The number of nitrogens with zero attached hydrogens (tertiary/aromatic N) is 3. The number of amides is 1. The third kappa shape index (κ3) is 7.55. The molecule has 2 heterocycles. The minimum atomic E-state index is -0.249. The Kier molecular flexibility index (Phi) is 9.56. The zero-order chi connectivity index (χ0) is 24.3. The summed E-state index contributed by atoms with van der Waals surface area (Å²) in [4.78, 5) is 15.1. The van der Waals surface area contributed by atoms with Crippen LogP contribution in [0.25, 0.3) is 11.5 Å². The van der Waals surface area contributed by atoms with E-state index < -0.39 is 0 Å². The highest BCUT2D eigenvalue weighted by Gasteiger charge is 2.16. The number of thioether (sulfide) groups is 1. The number of ether oxygens (including phenoxy) is 1. The fraction of sp³-hybridized carbons (Fsp3) is 0.423. The van der Waals surface area contributed by atoms with Gasteiger partial charge >= 0.3 is 0 Å². The molecule has 0 spiro atoms. The Bertz CT molecular complexity index is 1070. The maximum atomic E-state index is 12.7. The molecular formula is C26H32N4O4S. The first-order valence-corrected chi connectivity index (χ1v) is 13.2. The van der Waals surface area contributed by atoms with Crippen LogP contribution in [0.4, 0.5) is 0 Å². The monoisotopic (exact) mass is 496 g/mol. The van der Waals surface area contributed by atoms with Gasteiger partial charge in [-0.1, -0.05) is 24.6 Å². The van der Waals surface area contributed by atoms with Crippen molar-refractivity contribution >= 4 is 17.7 Å². The number of carbonyl (C=O) groups excluding carboxylic acids is 1. The van der Waals surface area contributed by atoms with Gasteiger partial charge in [-0.25, -0.2) is 0 Å². The molecule has 1 saturated heterocycles. The number of rotatable bonds is 12. The summed E-state index contributed by atoms with van der Waals surface area (Å²) in [5.41, 5.74) is 1.67. The topological polar surface area (TPSA) is 101 Å². The summed E-state index contributed by atoms with van der Waals surface area (Å²) in [6.45, 7) is 3.97. The van der Waals surface area contributed by atoms with Gasteiger partial charge in [-0.2, -0.15) is 0 Å². The quantitative estimate of drug-likeness (QED) is 0.366. The number of aromatic nitrogens is 2. The maximum absolute atomic E-state index is 12.7. The highest BCUT2D eigenvalue weighted by atomic mass is 32.2. The Hall–Kier alpha value is -2.88. The fourth-order valence-corrected chi connectivity index (χ4v) is 4.64. The number of nitrogens with one attached hydrogen (secondary N) is 1. The molecule has 186 valence electrons. The number of aliphatic hydroxyl groups is 1. The zero-order valence-corrected chi connectivity index (χ0v) is 20.6. The Morgan fingerprint density at radius 3 is 2.74 bits per heavy atom. The molecule has 2 N–H and O–H groups in total. The van der Waals surface area contributed by atoms with Crippen molar-refractivity contribution in [3.63, 3.8) is 0 Å². The molecule has 0 unspecified atom stereocenters. The van der Waals surface area contributed by atoms with E-state index in [-0.39, 0.29) is 12.5 Å². The summed E-state index contributed by atoms with van der Waals surface area (Å²) >= 11 is 1.65. The van der Waals surface area contributed by atoms with E-state index >= 15 is 0 Å². The van der Waals surface area contributed by atoms with Crippen molar-refractivity contribution in [1.82, 2.24) is 20.4 Å². The molecule has 2 aromatic carbocycles. The maximum Gasteiger partial charge on any atom is 0.251 e. The number of hydrogen-bond acceptors (Lipinski definition) is 8. The zero-order valence-electron chi connectivity index (χ0n) is 19.8. The van der Waals surface area contributed by atoms with E-state index in [1.165, 1.54) is 19.3 Å². The van der Waals surface area contributed by atoms with Crippen LogP contribution >= 0.6 is 11.8 Å². The van der Waals surface area contributed by atoms with Crippen LogP contribution in [0.2, 0.25) is 0 Å². The van der Waals surface area contributed by atoms with Gasteiger partial charge in [0.05, 0.1) is 19.0 Å². The second-order valence-corrected chi connectivity index (χ2v) is 9.51. The average molecular weight is 497 g/mol. The number of piperidine rings is 1. The first-order valence-electron chi connectivity index (χ1n) is 12.1. The number of para-hydroxylation sites is 1. The van der Waals surface area contributed by atoms with Gasteiger partial charge in [0.25, 0.3) is 5.91 Å². The highest BCUT2D eigenvalue weighted by Crippen LogP contribution is 2.23. The summed E-state index contributed by atoms with van der Waals surface area (Å²) in [6.07, 6.45) is 3.74. The second-order valence-electron chi connectivity index (χ2n) is 8.40. The van der Waals surface area contributed by atoms with Crippen LogP contribution in [0.1, 0.15) is 41.1 Å². The van der Waals surface area contributed by atoms with Crippen LogP contribution < -0.4 is 10.1 Å². The van der Waals surface area contributed by atoms with Crippen LogP contribution in [0.5, 0.6) is 5.75 Å². The van der Waals surface area contributed by atoms with Gasteiger partial charge in [-0.3, -0.25) is 4.79 Å². The molecule has 3 aromatic rings. The third-order valence-electron chi connectivity index (χ3n) is 5.86. The lowest BCUT2D eigenvalue weighted by Gasteiger charge is -2.26. The Balaban J connectivity index is 1.26. The van der Waals surface area contributed by atoms with Crippen LogP contribution in [0.15, 0.2) is 52.9 Å². The number of likely N-dealkylation sites (tertiary alicyclic amines) is 1. The van der Waals surface area contributed by atoms with Crippen molar-refractivity contribution in [2.45, 2.75) is 31.6 Å². The predicted molar refractivity (Wildman–Crippen MR) is 136 cm³/mol. The summed E-state index contributed by atoms with van der Waals surface area (Å²) in [5.74, 6) is 2.94. The van der Waals surface area contributed by atoms with Gasteiger partial charge < -0.3 is 24.5 Å². The molecule has 1 amide bonds. The molecule has 4 rings (SSSR count). The van der Waals surface area contributed by atoms with Crippen molar-refractivity contribution < 1.29 is 19.1 Å². The van der Waals surface area contributed by atoms with Crippen molar-refractivity contribution in [2.75, 3.05) is 38.5 Å². The molecule has 0 radical (unpaired) electrons. The average Bonchev–Trinajstić information content (AvgIpc) is 3.38. The molecule has 1 aliphatic heterocycles. The smallest absolute Gasteiger partial charge is 0.251 e. The van der Waals surface area contributed by atoms with E-state index in [0.717, 1.165) is 31.1 Å². The van der Waals surface area contributed by atoms with Gasteiger partial charge in [0.1, 0.15) is 5.75 Å². The van der Waals surface area contributed by atoms with Gasteiger partial charge in [-0.05, 0) is 61.8 Å². The second kappa shape index (κ2) is 13.3. The predicted octanol–water partition coefficient (Wildman–Crippen LogP) is 3.76. The van der Waals surface area contributed by atoms with Gasteiger partial charge in [0.2, 0.25) is 11.8 Å². The molecule has 9 heteroatoms. The molecule has 35 heavy (non-hydrogen) atoms. The molecule has 8 nitrogen and oxygen atoms in total. The lowest BCUT2D eigenvalue weighted by molar-refractivity contribution is 0.0943. The van der Waals surface area contributed by atoms with Crippen LogP contribution in [-0.4, -0.2) is 64.6 Å². The molecule has 1 aromatic heterocycles. The molecule has 0 aliphatic carbocycles. The lowest BCUT2D eigenvalue weighted by Crippen LogP contribution is -2.37. The lowest BCUT2D eigenvalue weighted by atomic mass is 10.0. The van der Waals surface area contributed by atoms with Crippen LogP contribution in [-0.2, 0) is 12.4 Å². The Morgan fingerprint density at radius 1 is 1.11 bits per heavy atom. The molecule has 0 atom stereocenters. The van der Waals surface area contributed by atoms with E-state index in [1.54, 1.807) is 30.0 Å². The Morgan fingerprint density at radius 2 is 1.94 bits per heavy atom. The summed E-state index contributed by atoms with van der Waals surface area (Å²) in [5, 5.41) is 21.1. The van der Waals surface area contributed by atoms with Crippen LogP contribution in [0.3, 0.4) is 0 Å². The fourth-order valence-electron chi connectivity index (χ4n) is 4.01. The minimum Gasteiger partial charge on any atom is -0.493 e. The molecular weight excluding hydrogens is 464 g/mol. The first-order chi connectivity index (χ1) is 17.2. The molecule has 1 aliphatic rings. The summed E-state index contributed by atoms with van der Waals surface area (Å²) in [6, 6.07) is 14.9. The SMILES string of the molecule is O=C(NCCN1CCCCC1)c1ccc(-c2nnc(CSCCOc3ccccc3)o2)cc1CO. The Labute approximate surface area is 210 Å². The minimum absolute atomic E-state index is 0.182. The van der Waals surface area contributed by atoms with Crippen molar-refractivity contribution in [3.05, 3.63) is 65.5 Å². The van der Waals surface area contributed by atoms with Crippen molar-refractivity contribution in [2.24, 2.45) is 0 Å². The standard InChI is InChI=1S/C26H32N4O4S/c31-18-21-17-20(9-10-23(21)25(32)27-11-14-30-12-5-2-6-13-30)26-29-28-24(34-26)19-35-16-15-33-22-7-3-1-4-8-22/h1,3-4,7-10,17,31H,2,5-6,11-16,18-19H2,(H,27,32). The third-order valence-corrected chi connectivity index (χ3v) is 6.77. The van der Waals surface area contributed by atoms with Crippen molar-refractivity contribution in [1.29, 1.82) is 0 Å². The van der Waals surface area contributed by atoms with E-state index in [0.29, 0.717) is 47.4 Å². The van der Waals surface area contributed by atoms with Crippen LogP contribution in [0, 0.1) is 0 Å². The highest BCUT2D eigenvalue weighted by molar-refractivity contribution is 7.98. The molecule has 0 saturated carbocycles. The number of aliphatic hydroxyl groups excluding tert-OH is 1. The normalized spacial score (nSPS) is 14.1. The van der Waals surface area contributed by atoms with E-state index in [2.05, 4.69) is 20.4 Å². The van der Waals surface area contributed by atoms with Gasteiger partial charge in [-0.15, -0.1) is 22.0 Å². The first kappa shape index (κ1) is 25.2. The molecule has 0 bridgehead atoms. The number of carbonyl (C=O) groups is 1. The summed E-state index contributed by atoms with van der Waals surface area (Å²) in [7, 11) is 0. The van der Waals surface area contributed by atoms with Crippen molar-refractivity contribution in [3.8, 4) is 17.2 Å². The van der Waals surface area contributed by atoms with Gasteiger partial charge in [0.15, 0.2) is 0 Å². The summed E-state index contributed by atoms with van der Waals surface area (Å²) < 4.78 is 11.5.